The molecular formula is C21H27N5O2. The highest BCUT2D eigenvalue weighted by atomic mass is 16.6. The minimum Gasteiger partial charge on any atom is -0.356 e. The lowest BCUT2D eigenvalue weighted by atomic mass is 9.96. The summed E-state index contributed by atoms with van der Waals surface area (Å²) in [7, 11) is 0. The lowest BCUT2D eigenvalue weighted by molar-refractivity contribution is -0.384. The Bertz CT molecular complexity index is 771. The summed E-state index contributed by atoms with van der Waals surface area (Å²) in [5.41, 5.74) is 2.09. The lowest BCUT2D eigenvalue weighted by Gasteiger charge is -2.25. The molecule has 0 saturated heterocycles. The molecule has 148 valence electrons. The van der Waals surface area contributed by atoms with Crippen molar-refractivity contribution in [2.75, 3.05) is 6.54 Å². The summed E-state index contributed by atoms with van der Waals surface area (Å²) in [4.78, 5) is 19.5. The highest BCUT2D eigenvalue weighted by Gasteiger charge is 2.14. The monoisotopic (exact) mass is 381 g/mol. The van der Waals surface area contributed by atoms with Gasteiger partial charge in [0.1, 0.15) is 0 Å². The zero-order chi connectivity index (χ0) is 19.6. The molecule has 1 aromatic heterocycles. The van der Waals surface area contributed by atoms with Gasteiger partial charge in [-0.1, -0.05) is 37.5 Å². The number of hydrogen-bond donors (Lipinski definition) is 2. The maximum Gasteiger partial charge on any atom is 0.269 e. The lowest BCUT2D eigenvalue weighted by Crippen LogP contribution is -2.44. The molecule has 2 aromatic rings. The van der Waals surface area contributed by atoms with Gasteiger partial charge in [-0.15, -0.1) is 0 Å². The van der Waals surface area contributed by atoms with Gasteiger partial charge in [0.15, 0.2) is 5.96 Å². The summed E-state index contributed by atoms with van der Waals surface area (Å²) in [6, 6.07) is 12.9. The Labute approximate surface area is 165 Å². The fraction of sp³-hybridized carbons (Fsp3) is 0.429. The standard InChI is InChI=1S/C21H27N5O2/c27-26(28)20-11-9-17(10-12-20)16-24-21(25-19-7-2-1-3-8-19)23-15-13-18-6-4-5-14-22-18/h4-6,9-12,14,19H,1-3,7-8,13,15-16H2,(H2,23,24,25). The van der Waals surface area contributed by atoms with Crippen LogP contribution in [0.3, 0.4) is 0 Å². The zero-order valence-corrected chi connectivity index (χ0v) is 16.0. The van der Waals surface area contributed by atoms with Gasteiger partial charge in [0.25, 0.3) is 5.69 Å². The molecule has 1 aromatic carbocycles. The molecular weight excluding hydrogens is 354 g/mol. The Hall–Kier alpha value is -2.96. The Balaban J connectivity index is 1.60. The molecule has 1 saturated carbocycles. The molecule has 2 N–H and O–H groups in total. The van der Waals surface area contributed by atoms with Crippen molar-refractivity contribution in [2.24, 2.45) is 4.99 Å². The van der Waals surface area contributed by atoms with Crippen molar-refractivity contribution in [1.82, 2.24) is 15.6 Å². The molecule has 1 aliphatic carbocycles. The van der Waals surface area contributed by atoms with E-state index in [4.69, 9.17) is 4.99 Å². The third kappa shape index (κ3) is 6.33. The number of pyridine rings is 1. The van der Waals surface area contributed by atoms with Gasteiger partial charge in [-0.3, -0.25) is 15.1 Å². The van der Waals surface area contributed by atoms with Crippen LogP contribution in [0.25, 0.3) is 0 Å². The fourth-order valence-corrected chi connectivity index (χ4v) is 3.34. The van der Waals surface area contributed by atoms with Gasteiger partial charge >= 0.3 is 0 Å². The van der Waals surface area contributed by atoms with Crippen LogP contribution in [0.5, 0.6) is 0 Å². The molecule has 0 amide bonds. The van der Waals surface area contributed by atoms with Crippen LogP contribution in [0.4, 0.5) is 5.69 Å². The first kappa shape index (κ1) is 19.8. The summed E-state index contributed by atoms with van der Waals surface area (Å²) >= 11 is 0. The average molecular weight is 381 g/mol. The zero-order valence-electron chi connectivity index (χ0n) is 16.0. The highest BCUT2D eigenvalue weighted by Crippen LogP contribution is 2.17. The summed E-state index contributed by atoms with van der Waals surface area (Å²) in [6.07, 6.45) is 8.77. The van der Waals surface area contributed by atoms with E-state index >= 15 is 0 Å². The van der Waals surface area contributed by atoms with Crippen molar-refractivity contribution in [1.29, 1.82) is 0 Å². The molecule has 0 atom stereocenters. The van der Waals surface area contributed by atoms with Crippen molar-refractivity contribution >= 4 is 11.6 Å². The van der Waals surface area contributed by atoms with E-state index in [2.05, 4.69) is 15.6 Å². The summed E-state index contributed by atoms with van der Waals surface area (Å²) in [5, 5.41) is 17.7. The maximum atomic E-state index is 10.8. The summed E-state index contributed by atoms with van der Waals surface area (Å²) < 4.78 is 0. The second-order valence-corrected chi connectivity index (χ2v) is 7.07. The molecule has 1 heterocycles. The number of guanidine groups is 1. The molecule has 1 fully saturated rings. The predicted molar refractivity (Wildman–Crippen MR) is 110 cm³/mol. The van der Waals surface area contributed by atoms with Gasteiger partial charge in [0.05, 0.1) is 11.5 Å². The van der Waals surface area contributed by atoms with Gasteiger partial charge in [0.2, 0.25) is 0 Å². The van der Waals surface area contributed by atoms with Crippen LogP contribution in [-0.2, 0) is 13.0 Å². The van der Waals surface area contributed by atoms with Gasteiger partial charge in [-0.25, -0.2) is 4.99 Å². The number of nitro benzene ring substituents is 1. The number of nitrogens with one attached hydrogen (secondary N) is 2. The van der Waals surface area contributed by atoms with Crippen molar-refractivity contribution in [3.8, 4) is 0 Å². The number of aliphatic imine (C=N–C) groups is 1. The first-order valence-corrected chi connectivity index (χ1v) is 9.89. The first-order chi connectivity index (χ1) is 13.7. The van der Waals surface area contributed by atoms with E-state index in [1.807, 2.05) is 18.2 Å². The molecule has 3 rings (SSSR count). The molecule has 0 unspecified atom stereocenters. The number of aromatic nitrogens is 1. The molecule has 0 aliphatic heterocycles. The van der Waals surface area contributed by atoms with Gasteiger partial charge in [-0.2, -0.15) is 0 Å². The number of nitrogens with zero attached hydrogens (tertiary/aromatic N) is 3. The molecule has 0 radical (unpaired) electrons. The van der Waals surface area contributed by atoms with Crippen LogP contribution >= 0.6 is 0 Å². The van der Waals surface area contributed by atoms with Crippen LogP contribution in [0.15, 0.2) is 53.7 Å². The van der Waals surface area contributed by atoms with Crippen LogP contribution in [-0.4, -0.2) is 28.5 Å². The van der Waals surface area contributed by atoms with E-state index in [1.54, 1.807) is 18.3 Å². The Kier molecular flexibility index (Phi) is 7.35. The van der Waals surface area contributed by atoms with Crippen LogP contribution < -0.4 is 10.6 Å². The predicted octanol–water partition coefficient (Wildman–Crippen LogP) is 3.60. The smallest absolute Gasteiger partial charge is 0.269 e. The van der Waals surface area contributed by atoms with Crippen molar-refractivity contribution < 1.29 is 4.92 Å². The number of non-ortho nitro benzene ring substituents is 1. The molecule has 0 spiro atoms. The van der Waals surface area contributed by atoms with Crippen molar-refractivity contribution in [3.63, 3.8) is 0 Å². The van der Waals surface area contributed by atoms with Gasteiger partial charge in [-0.05, 0) is 30.5 Å². The maximum absolute atomic E-state index is 10.8. The number of benzene rings is 1. The first-order valence-electron chi connectivity index (χ1n) is 9.89. The Morgan fingerprint density at radius 1 is 1.14 bits per heavy atom. The van der Waals surface area contributed by atoms with Crippen LogP contribution in [0.1, 0.15) is 43.4 Å². The van der Waals surface area contributed by atoms with Gasteiger partial charge < -0.3 is 10.6 Å². The third-order valence-electron chi connectivity index (χ3n) is 4.91. The number of hydrogen-bond acceptors (Lipinski definition) is 4. The topological polar surface area (TPSA) is 92.5 Å². The van der Waals surface area contributed by atoms with Crippen molar-refractivity contribution in [2.45, 2.75) is 51.1 Å². The fourth-order valence-electron chi connectivity index (χ4n) is 3.34. The quantitative estimate of drug-likeness (QED) is 0.331. The van der Waals surface area contributed by atoms with Gasteiger partial charge in [0, 0.05) is 43.0 Å². The van der Waals surface area contributed by atoms with Crippen molar-refractivity contribution in [3.05, 3.63) is 70.0 Å². The summed E-state index contributed by atoms with van der Waals surface area (Å²) in [5.74, 6) is 0.793. The van der Waals surface area contributed by atoms with E-state index in [9.17, 15) is 10.1 Å². The van der Waals surface area contributed by atoms with E-state index in [-0.39, 0.29) is 10.6 Å². The molecule has 1 aliphatic rings. The minimum absolute atomic E-state index is 0.0989. The largest absolute Gasteiger partial charge is 0.356 e. The molecule has 7 heteroatoms. The summed E-state index contributed by atoms with van der Waals surface area (Å²) in [6.45, 7) is 1.22. The normalized spacial score (nSPS) is 15.2. The second kappa shape index (κ2) is 10.4. The van der Waals surface area contributed by atoms with Crippen LogP contribution in [0.2, 0.25) is 0 Å². The van der Waals surface area contributed by atoms with E-state index in [0.29, 0.717) is 12.6 Å². The molecule has 0 bridgehead atoms. The number of nitro groups is 1. The van der Waals surface area contributed by atoms with Crippen LogP contribution in [0, 0.1) is 10.1 Å². The Morgan fingerprint density at radius 2 is 1.93 bits per heavy atom. The average Bonchev–Trinajstić information content (AvgIpc) is 2.73. The third-order valence-corrected chi connectivity index (χ3v) is 4.91. The molecule has 28 heavy (non-hydrogen) atoms. The van der Waals surface area contributed by atoms with E-state index in [0.717, 1.165) is 30.2 Å². The number of rotatable bonds is 7. The molecule has 7 nitrogen and oxygen atoms in total. The van der Waals surface area contributed by atoms with E-state index in [1.165, 1.54) is 44.2 Å². The SMILES string of the molecule is O=[N+]([O-])c1ccc(CN=C(NCCc2ccccn2)NC2CCCCC2)cc1. The highest BCUT2D eigenvalue weighted by molar-refractivity contribution is 5.80. The Morgan fingerprint density at radius 3 is 2.61 bits per heavy atom. The van der Waals surface area contributed by atoms with E-state index < -0.39 is 0 Å². The minimum atomic E-state index is -0.387. The second-order valence-electron chi connectivity index (χ2n) is 7.07.